The van der Waals surface area contributed by atoms with Crippen LogP contribution in [0.1, 0.15) is 34.5 Å². The number of hydrogen-bond donors (Lipinski definition) is 2. The molecule has 0 spiro atoms. The zero-order chi connectivity index (χ0) is 23.5. The van der Waals surface area contributed by atoms with E-state index in [1.165, 1.54) is 10.8 Å². The molecule has 1 atom stereocenters. The number of aryl methyl sites for hydroxylation is 1. The van der Waals surface area contributed by atoms with Crippen molar-refractivity contribution in [3.63, 3.8) is 0 Å². The van der Waals surface area contributed by atoms with E-state index in [1.54, 1.807) is 0 Å². The molecule has 1 fully saturated rings. The quantitative estimate of drug-likeness (QED) is 0.444. The van der Waals surface area contributed by atoms with Crippen LogP contribution in [0.5, 0.6) is 0 Å². The summed E-state index contributed by atoms with van der Waals surface area (Å²) in [6.45, 7) is 7.86. The van der Waals surface area contributed by atoms with E-state index in [-0.39, 0.29) is 11.9 Å². The highest BCUT2D eigenvalue weighted by molar-refractivity contribution is 5.97. The maximum atomic E-state index is 13.3. The van der Waals surface area contributed by atoms with Crippen LogP contribution in [-0.2, 0) is 0 Å². The van der Waals surface area contributed by atoms with Gasteiger partial charge in [-0.3, -0.25) is 4.79 Å². The maximum Gasteiger partial charge on any atom is 0.252 e. The molecule has 1 aliphatic rings. The summed E-state index contributed by atoms with van der Waals surface area (Å²) in [6.07, 6.45) is 1.86. The first-order valence-electron chi connectivity index (χ1n) is 11.9. The molecule has 0 bridgehead atoms. The average Bonchev–Trinajstić information content (AvgIpc) is 2.89. The summed E-state index contributed by atoms with van der Waals surface area (Å²) < 4.78 is 0. The van der Waals surface area contributed by atoms with E-state index in [9.17, 15) is 4.79 Å². The van der Waals surface area contributed by atoms with Crippen molar-refractivity contribution >= 4 is 22.5 Å². The molecule has 5 heteroatoms. The SMILES string of the molecule is Cc1ccc(-c2ccnc(N3CCNCC3)c2)cc1C(=O)NC(C)c1cccc2ccccc12. The van der Waals surface area contributed by atoms with Crippen molar-refractivity contribution in [2.45, 2.75) is 19.9 Å². The highest BCUT2D eigenvalue weighted by Crippen LogP contribution is 2.27. The Hall–Kier alpha value is -3.70. The van der Waals surface area contributed by atoms with E-state index >= 15 is 0 Å². The molecule has 5 rings (SSSR count). The van der Waals surface area contributed by atoms with E-state index in [2.05, 4.69) is 56.9 Å². The van der Waals surface area contributed by atoms with Crippen LogP contribution in [0.15, 0.2) is 79.0 Å². The monoisotopic (exact) mass is 450 g/mol. The summed E-state index contributed by atoms with van der Waals surface area (Å²) >= 11 is 0. The Labute approximate surface area is 200 Å². The van der Waals surface area contributed by atoms with Gasteiger partial charge in [0.15, 0.2) is 0 Å². The number of hydrogen-bond acceptors (Lipinski definition) is 4. The molecule has 34 heavy (non-hydrogen) atoms. The number of rotatable bonds is 5. The van der Waals surface area contributed by atoms with Crippen LogP contribution in [0.3, 0.4) is 0 Å². The van der Waals surface area contributed by atoms with E-state index in [1.807, 2.05) is 56.4 Å². The molecule has 1 aliphatic heterocycles. The van der Waals surface area contributed by atoms with Crippen LogP contribution >= 0.6 is 0 Å². The number of nitrogens with zero attached hydrogens (tertiary/aromatic N) is 2. The van der Waals surface area contributed by atoms with E-state index in [0.717, 1.165) is 54.3 Å². The molecule has 1 saturated heterocycles. The van der Waals surface area contributed by atoms with E-state index < -0.39 is 0 Å². The van der Waals surface area contributed by atoms with Crippen molar-refractivity contribution in [3.05, 3.63) is 95.7 Å². The first kappa shape index (κ1) is 22.1. The lowest BCUT2D eigenvalue weighted by Crippen LogP contribution is -2.43. The Kier molecular flexibility index (Phi) is 6.28. The van der Waals surface area contributed by atoms with Crippen LogP contribution in [-0.4, -0.2) is 37.1 Å². The zero-order valence-corrected chi connectivity index (χ0v) is 19.7. The number of carbonyl (C=O) groups is 1. The van der Waals surface area contributed by atoms with Crippen LogP contribution in [0.2, 0.25) is 0 Å². The molecule has 0 aliphatic carbocycles. The highest BCUT2D eigenvalue weighted by atomic mass is 16.1. The Morgan fingerprint density at radius 1 is 0.971 bits per heavy atom. The molecular weight excluding hydrogens is 420 g/mol. The smallest absolute Gasteiger partial charge is 0.252 e. The zero-order valence-electron chi connectivity index (χ0n) is 19.7. The van der Waals surface area contributed by atoms with Gasteiger partial charge in [-0.25, -0.2) is 4.98 Å². The summed E-state index contributed by atoms with van der Waals surface area (Å²) in [5, 5.41) is 8.95. The second-order valence-electron chi connectivity index (χ2n) is 8.93. The summed E-state index contributed by atoms with van der Waals surface area (Å²) in [5.41, 5.74) is 4.87. The molecule has 1 amide bonds. The summed E-state index contributed by atoms with van der Waals surface area (Å²) in [5.74, 6) is 0.923. The molecule has 1 aromatic heterocycles. The number of piperazine rings is 1. The first-order valence-corrected chi connectivity index (χ1v) is 11.9. The third kappa shape index (κ3) is 4.52. The molecule has 0 radical (unpaired) electrons. The van der Waals surface area contributed by atoms with E-state index in [0.29, 0.717) is 5.56 Å². The minimum Gasteiger partial charge on any atom is -0.354 e. The minimum atomic E-state index is -0.109. The topological polar surface area (TPSA) is 57.3 Å². The number of aromatic nitrogens is 1. The molecule has 1 unspecified atom stereocenters. The van der Waals surface area contributed by atoms with Crippen LogP contribution < -0.4 is 15.5 Å². The maximum absolute atomic E-state index is 13.3. The van der Waals surface area contributed by atoms with Gasteiger partial charge in [-0.1, -0.05) is 54.6 Å². The van der Waals surface area contributed by atoms with Crippen LogP contribution in [0.25, 0.3) is 21.9 Å². The predicted molar refractivity (Wildman–Crippen MR) is 139 cm³/mol. The second-order valence-corrected chi connectivity index (χ2v) is 8.93. The lowest BCUT2D eigenvalue weighted by Gasteiger charge is -2.28. The Morgan fingerprint density at radius 2 is 1.74 bits per heavy atom. The number of benzene rings is 3. The number of fused-ring (bicyclic) bond motifs is 1. The lowest BCUT2D eigenvalue weighted by molar-refractivity contribution is 0.0939. The van der Waals surface area contributed by atoms with Crippen molar-refractivity contribution < 1.29 is 4.79 Å². The van der Waals surface area contributed by atoms with Crippen molar-refractivity contribution in [3.8, 4) is 11.1 Å². The largest absolute Gasteiger partial charge is 0.354 e. The van der Waals surface area contributed by atoms with Gasteiger partial charge in [0, 0.05) is 37.9 Å². The second kappa shape index (κ2) is 9.65. The van der Waals surface area contributed by atoms with Crippen molar-refractivity contribution in [2.75, 3.05) is 31.1 Å². The van der Waals surface area contributed by atoms with Gasteiger partial charge in [-0.05, 0) is 65.1 Å². The molecule has 4 aromatic rings. The summed E-state index contributed by atoms with van der Waals surface area (Å²) in [4.78, 5) is 20.2. The Balaban J connectivity index is 1.40. The third-order valence-electron chi connectivity index (χ3n) is 6.64. The standard InChI is InChI=1S/C29H30N4O/c1-20-10-11-23(24-12-13-31-28(19-24)33-16-14-30-15-17-33)18-27(20)29(34)32-21(2)25-9-5-7-22-6-3-4-8-26(22)25/h3-13,18-19,21,30H,14-17H2,1-2H3,(H,32,34). The van der Waals surface area contributed by atoms with Gasteiger partial charge < -0.3 is 15.5 Å². The van der Waals surface area contributed by atoms with E-state index in [4.69, 9.17) is 0 Å². The van der Waals surface area contributed by atoms with Crippen molar-refractivity contribution in [1.29, 1.82) is 0 Å². The fourth-order valence-electron chi connectivity index (χ4n) is 4.69. The first-order chi connectivity index (χ1) is 16.6. The number of nitrogens with one attached hydrogen (secondary N) is 2. The summed E-state index contributed by atoms with van der Waals surface area (Å²) in [6, 6.07) is 24.7. The van der Waals surface area contributed by atoms with Crippen molar-refractivity contribution in [1.82, 2.24) is 15.6 Å². The number of anilines is 1. The minimum absolute atomic E-state index is 0.0591. The van der Waals surface area contributed by atoms with Gasteiger partial charge in [-0.2, -0.15) is 0 Å². The normalized spacial score (nSPS) is 14.7. The predicted octanol–water partition coefficient (Wildman–Crippen LogP) is 5.11. The number of pyridine rings is 1. The fraction of sp³-hybridized carbons (Fsp3) is 0.241. The molecule has 172 valence electrons. The highest BCUT2D eigenvalue weighted by Gasteiger charge is 2.17. The van der Waals surface area contributed by atoms with Crippen molar-refractivity contribution in [2.24, 2.45) is 0 Å². The van der Waals surface area contributed by atoms with Gasteiger partial charge in [0.25, 0.3) is 5.91 Å². The lowest BCUT2D eigenvalue weighted by atomic mass is 9.97. The third-order valence-corrected chi connectivity index (χ3v) is 6.64. The van der Waals surface area contributed by atoms with Gasteiger partial charge in [0.05, 0.1) is 6.04 Å². The van der Waals surface area contributed by atoms with Crippen LogP contribution in [0, 0.1) is 6.92 Å². The average molecular weight is 451 g/mol. The van der Waals surface area contributed by atoms with Gasteiger partial charge >= 0.3 is 0 Å². The summed E-state index contributed by atoms with van der Waals surface area (Å²) in [7, 11) is 0. The fourth-order valence-corrected chi connectivity index (χ4v) is 4.69. The van der Waals surface area contributed by atoms with Crippen LogP contribution in [0.4, 0.5) is 5.82 Å². The molecule has 2 heterocycles. The molecule has 2 N–H and O–H groups in total. The van der Waals surface area contributed by atoms with Gasteiger partial charge in [0.2, 0.25) is 0 Å². The molecule has 5 nitrogen and oxygen atoms in total. The van der Waals surface area contributed by atoms with Gasteiger partial charge in [-0.15, -0.1) is 0 Å². The molecular formula is C29H30N4O. The number of amides is 1. The Bertz CT molecular complexity index is 1320. The number of carbonyl (C=O) groups excluding carboxylic acids is 1. The molecule has 0 saturated carbocycles. The Morgan fingerprint density at radius 3 is 2.59 bits per heavy atom. The molecule has 3 aromatic carbocycles. The van der Waals surface area contributed by atoms with Gasteiger partial charge in [0.1, 0.15) is 5.82 Å².